The van der Waals surface area contributed by atoms with Crippen molar-refractivity contribution >= 4 is 11.8 Å². The van der Waals surface area contributed by atoms with Crippen LogP contribution in [0.15, 0.2) is 0 Å². The third kappa shape index (κ3) is 3.22. The lowest BCUT2D eigenvalue weighted by Crippen LogP contribution is -2.57. The van der Waals surface area contributed by atoms with E-state index < -0.39 is 11.4 Å². The van der Waals surface area contributed by atoms with Gasteiger partial charge in [0, 0.05) is 12.0 Å². The number of rotatable bonds is 4. The van der Waals surface area contributed by atoms with Crippen molar-refractivity contribution in [3.8, 4) is 0 Å². The van der Waals surface area contributed by atoms with E-state index in [0.29, 0.717) is 18.8 Å². The van der Waals surface area contributed by atoms with Crippen LogP contribution in [0.2, 0.25) is 0 Å². The number of primary amides is 1. The molecule has 0 aromatic carbocycles. The molecule has 0 bridgehead atoms. The van der Waals surface area contributed by atoms with Gasteiger partial charge in [0.25, 0.3) is 0 Å². The van der Waals surface area contributed by atoms with Gasteiger partial charge < -0.3 is 16.8 Å². The fourth-order valence-corrected chi connectivity index (χ4v) is 2.29. The molecule has 5 heteroatoms. The molecule has 1 fully saturated rings. The second kappa shape index (κ2) is 5.69. The molecular formula is C13H25N3O2. The van der Waals surface area contributed by atoms with E-state index in [1.807, 2.05) is 6.92 Å². The molecule has 0 radical (unpaired) electrons. The van der Waals surface area contributed by atoms with Gasteiger partial charge in [-0.1, -0.05) is 13.8 Å². The van der Waals surface area contributed by atoms with Gasteiger partial charge in [-0.15, -0.1) is 0 Å². The van der Waals surface area contributed by atoms with Crippen molar-refractivity contribution in [2.75, 3.05) is 0 Å². The van der Waals surface area contributed by atoms with Crippen LogP contribution in [0.4, 0.5) is 0 Å². The highest BCUT2D eigenvalue weighted by molar-refractivity contribution is 5.90. The molecule has 0 spiro atoms. The summed E-state index contributed by atoms with van der Waals surface area (Å²) >= 11 is 0. The zero-order chi connectivity index (χ0) is 13.9. The van der Waals surface area contributed by atoms with Crippen molar-refractivity contribution < 1.29 is 9.59 Å². The molecule has 1 saturated carbocycles. The van der Waals surface area contributed by atoms with E-state index >= 15 is 0 Å². The van der Waals surface area contributed by atoms with Gasteiger partial charge >= 0.3 is 0 Å². The van der Waals surface area contributed by atoms with E-state index in [1.165, 1.54) is 0 Å². The van der Waals surface area contributed by atoms with Crippen LogP contribution in [0.25, 0.3) is 0 Å². The van der Waals surface area contributed by atoms with Crippen molar-refractivity contribution in [3.63, 3.8) is 0 Å². The van der Waals surface area contributed by atoms with Gasteiger partial charge in [-0.3, -0.25) is 9.59 Å². The van der Waals surface area contributed by atoms with E-state index in [1.54, 1.807) is 6.92 Å². The highest BCUT2D eigenvalue weighted by atomic mass is 16.2. The Morgan fingerprint density at radius 3 is 2.44 bits per heavy atom. The van der Waals surface area contributed by atoms with E-state index in [-0.39, 0.29) is 17.9 Å². The normalized spacial score (nSPS) is 31.4. The molecule has 4 unspecified atom stereocenters. The zero-order valence-electron chi connectivity index (χ0n) is 11.5. The maximum atomic E-state index is 12.2. The first-order valence-electron chi connectivity index (χ1n) is 6.67. The Morgan fingerprint density at radius 2 is 2.00 bits per heavy atom. The molecule has 0 aliphatic heterocycles. The van der Waals surface area contributed by atoms with E-state index in [2.05, 4.69) is 12.2 Å². The third-order valence-electron chi connectivity index (χ3n) is 4.28. The summed E-state index contributed by atoms with van der Waals surface area (Å²) in [5, 5.41) is 2.78. The first kappa shape index (κ1) is 15.0. The van der Waals surface area contributed by atoms with Gasteiger partial charge in [-0.05, 0) is 38.5 Å². The minimum absolute atomic E-state index is 0.0657. The summed E-state index contributed by atoms with van der Waals surface area (Å²) in [7, 11) is 0. The Balaban J connectivity index is 2.63. The summed E-state index contributed by atoms with van der Waals surface area (Å²) < 4.78 is 0. The first-order valence-corrected chi connectivity index (χ1v) is 6.67. The maximum absolute atomic E-state index is 12.2. The SMILES string of the molecule is CCC(C)(NC(=O)C1CCC(C)C(N)C1)C(N)=O. The third-order valence-corrected chi connectivity index (χ3v) is 4.28. The number of hydrogen-bond donors (Lipinski definition) is 3. The monoisotopic (exact) mass is 255 g/mol. The molecule has 5 nitrogen and oxygen atoms in total. The molecular weight excluding hydrogens is 230 g/mol. The van der Waals surface area contributed by atoms with Crippen LogP contribution in [-0.4, -0.2) is 23.4 Å². The van der Waals surface area contributed by atoms with Crippen LogP contribution in [-0.2, 0) is 9.59 Å². The average Bonchev–Trinajstić information content (AvgIpc) is 2.32. The number of nitrogens with one attached hydrogen (secondary N) is 1. The minimum Gasteiger partial charge on any atom is -0.368 e. The summed E-state index contributed by atoms with van der Waals surface area (Å²) in [6.45, 7) is 5.61. The molecule has 104 valence electrons. The van der Waals surface area contributed by atoms with Crippen LogP contribution in [0.3, 0.4) is 0 Å². The number of hydrogen-bond acceptors (Lipinski definition) is 3. The molecule has 0 saturated heterocycles. The molecule has 0 aromatic rings. The largest absolute Gasteiger partial charge is 0.368 e. The number of amides is 2. The molecule has 1 aliphatic carbocycles. The lowest BCUT2D eigenvalue weighted by atomic mass is 9.79. The molecule has 5 N–H and O–H groups in total. The highest BCUT2D eigenvalue weighted by Crippen LogP contribution is 2.28. The fraction of sp³-hybridized carbons (Fsp3) is 0.846. The predicted octanol–water partition coefficient (Wildman–Crippen LogP) is 0.520. The van der Waals surface area contributed by atoms with Gasteiger partial charge in [0.2, 0.25) is 11.8 Å². The summed E-state index contributed by atoms with van der Waals surface area (Å²) in [6, 6.07) is 0.0657. The lowest BCUT2D eigenvalue weighted by Gasteiger charge is -2.34. The number of nitrogens with two attached hydrogens (primary N) is 2. The van der Waals surface area contributed by atoms with Crippen LogP contribution >= 0.6 is 0 Å². The minimum atomic E-state index is -0.954. The van der Waals surface area contributed by atoms with Gasteiger partial charge in [0.05, 0.1) is 0 Å². The van der Waals surface area contributed by atoms with E-state index in [4.69, 9.17) is 11.5 Å². The Bertz CT molecular complexity index is 332. The molecule has 18 heavy (non-hydrogen) atoms. The first-order chi connectivity index (χ1) is 8.30. The highest BCUT2D eigenvalue weighted by Gasteiger charge is 2.35. The average molecular weight is 255 g/mol. The quantitative estimate of drug-likeness (QED) is 0.683. The molecule has 0 aromatic heterocycles. The van der Waals surface area contributed by atoms with Gasteiger partial charge in [0.15, 0.2) is 0 Å². The van der Waals surface area contributed by atoms with Crippen molar-refractivity contribution in [2.24, 2.45) is 23.3 Å². The van der Waals surface area contributed by atoms with Gasteiger partial charge in [-0.2, -0.15) is 0 Å². The Hall–Kier alpha value is -1.10. The Kier molecular flexibility index (Phi) is 4.73. The zero-order valence-corrected chi connectivity index (χ0v) is 11.5. The van der Waals surface area contributed by atoms with Crippen molar-refractivity contribution in [1.29, 1.82) is 0 Å². The molecule has 2 amide bonds. The fourth-order valence-electron chi connectivity index (χ4n) is 2.29. The molecule has 4 atom stereocenters. The number of carbonyl (C=O) groups excluding carboxylic acids is 2. The van der Waals surface area contributed by atoms with Crippen molar-refractivity contribution in [2.45, 2.75) is 58.0 Å². The topological polar surface area (TPSA) is 98.2 Å². The second-order valence-corrected chi connectivity index (χ2v) is 5.69. The van der Waals surface area contributed by atoms with Crippen LogP contribution in [0.5, 0.6) is 0 Å². The predicted molar refractivity (Wildman–Crippen MR) is 70.5 cm³/mol. The summed E-state index contributed by atoms with van der Waals surface area (Å²) in [6.07, 6.45) is 2.97. The van der Waals surface area contributed by atoms with Crippen LogP contribution < -0.4 is 16.8 Å². The van der Waals surface area contributed by atoms with Gasteiger partial charge in [-0.25, -0.2) is 0 Å². The molecule has 0 heterocycles. The summed E-state index contributed by atoms with van der Waals surface area (Å²) in [4.78, 5) is 23.5. The van der Waals surface area contributed by atoms with Crippen molar-refractivity contribution in [1.82, 2.24) is 5.32 Å². The van der Waals surface area contributed by atoms with Gasteiger partial charge in [0.1, 0.15) is 5.54 Å². The standard InChI is InChI=1S/C13H25N3O2/c1-4-13(3,12(15)18)16-11(17)9-6-5-8(2)10(14)7-9/h8-10H,4-7,14H2,1-3H3,(H2,15,18)(H,16,17). The molecule has 1 rings (SSSR count). The summed E-state index contributed by atoms with van der Waals surface area (Å²) in [5.41, 5.74) is 10.4. The second-order valence-electron chi connectivity index (χ2n) is 5.69. The van der Waals surface area contributed by atoms with Crippen molar-refractivity contribution in [3.05, 3.63) is 0 Å². The van der Waals surface area contributed by atoms with E-state index in [0.717, 1.165) is 12.8 Å². The number of carbonyl (C=O) groups is 2. The Labute approximate surface area is 109 Å². The van der Waals surface area contributed by atoms with Crippen LogP contribution in [0, 0.1) is 11.8 Å². The Morgan fingerprint density at radius 1 is 1.39 bits per heavy atom. The summed E-state index contributed by atoms with van der Waals surface area (Å²) in [5.74, 6) is -0.225. The molecule has 1 aliphatic rings. The smallest absolute Gasteiger partial charge is 0.242 e. The van der Waals surface area contributed by atoms with E-state index in [9.17, 15) is 9.59 Å². The van der Waals surface area contributed by atoms with Crippen LogP contribution in [0.1, 0.15) is 46.5 Å². The maximum Gasteiger partial charge on any atom is 0.242 e. The lowest BCUT2D eigenvalue weighted by molar-refractivity contribution is -0.134.